The minimum absolute atomic E-state index is 0.561. The molecule has 0 atom stereocenters. The van der Waals surface area contributed by atoms with Crippen molar-refractivity contribution in [1.82, 2.24) is 5.32 Å². The van der Waals surface area contributed by atoms with Crippen LogP contribution in [0.3, 0.4) is 0 Å². The number of aliphatic hydroxyl groups is 1. The predicted molar refractivity (Wildman–Crippen MR) is 58.3 cm³/mol. The molecule has 0 rings (SSSR count). The molecule has 0 saturated heterocycles. The van der Waals surface area contributed by atoms with Gasteiger partial charge in [-0.25, -0.2) is 0 Å². The first kappa shape index (κ1) is 13.0. The number of hydrogen-bond donors (Lipinski definition) is 2. The van der Waals surface area contributed by atoms with Gasteiger partial charge in [-0.15, -0.1) is 0 Å². The topological polar surface area (TPSA) is 32.3 Å². The van der Waals surface area contributed by atoms with Crippen LogP contribution < -0.4 is 5.32 Å². The number of hydrogen-bond acceptors (Lipinski definition) is 2. The van der Waals surface area contributed by atoms with Crippen LogP contribution in [-0.4, -0.2) is 24.3 Å². The van der Waals surface area contributed by atoms with Crippen LogP contribution in [0.25, 0.3) is 0 Å². The molecule has 0 aliphatic carbocycles. The molecule has 4 heteroatoms. The molecule has 0 heterocycles. The first-order valence-corrected chi connectivity index (χ1v) is 8.86. The van der Waals surface area contributed by atoms with Crippen molar-refractivity contribution < 1.29 is 5.11 Å². The van der Waals surface area contributed by atoms with Gasteiger partial charge < -0.3 is 10.4 Å². The van der Waals surface area contributed by atoms with Crippen molar-refractivity contribution in [2.24, 2.45) is 0 Å². The van der Waals surface area contributed by atoms with Gasteiger partial charge in [0.1, 0.15) is 0 Å². The maximum Gasteiger partial charge on any atom is 0.0715 e. The fourth-order valence-electron chi connectivity index (χ4n) is 0.433. The van der Waals surface area contributed by atoms with Gasteiger partial charge in [-0.3, -0.25) is 0 Å². The van der Waals surface area contributed by atoms with Gasteiger partial charge in [0.05, 0.1) is 5.60 Å². The van der Waals surface area contributed by atoms with Crippen LogP contribution in [0, 0.1) is 0 Å². The third-order valence-electron chi connectivity index (χ3n) is 0.609. The third kappa shape index (κ3) is 17.7. The molecule has 2 nitrogen and oxygen atoms in total. The van der Waals surface area contributed by atoms with E-state index in [0.717, 1.165) is 0 Å². The van der Waals surface area contributed by atoms with Crippen molar-refractivity contribution >= 4 is 37.2 Å². The summed E-state index contributed by atoms with van der Waals surface area (Å²) in [5.74, 6) is 0. The molecule has 58 valence electrons. The van der Waals surface area contributed by atoms with Gasteiger partial charge in [0.25, 0.3) is 0 Å². The highest BCUT2D eigenvalue weighted by Gasteiger charge is 2.08. The van der Waals surface area contributed by atoms with Crippen molar-refractivity contribution in [2.45, 2.75) is 19.4 Å². The maximum atomic E-state index is 8.96. The predicted octanol–water partition coefficient (Wildman–Crippen LogP) is 1.75. The van der Waals surface area contributed by atoms with Crippen LogP contribution in [0.1, 0.15) is 13.8 Å². The molecule has 0 fully saturated rings. The zero-order chi connectivity index (χ0) is 7.91. The normalized spacial score (nSPS) is 10.0. The Morgan fingerprint density at radius 1 is 1.44 bits per heavy atom. The molecule has 0 aromatic carbocycles. The molecule has 9 heavy (non-hydrogen) atoms. The monoisotopic (exact) mass is 357 g/mol. The van der Waals surface area contributed by atoms with E-state index in [2.05, 4.69) is 42.5 Å². The third-order valence-corrected chi connectivity index (χ3v) is 0.609. The Morgan fingerprint density at radius 3 is 1.78 bits per heavy atom. The summed E-state index contributed by atoms with van der Waals surface area (Å²) in [5, 5.41) is 11.8. The summed E-state index contributed by atoms with van der Waals surface area (Å²) < 4.78 is 0. The standard InChI is InChI=1S/C5H13NO.I2/c1-5(2,7)4-6-3;1-2/h6-7H,4H2,1-3H3;. The van der Waals surface area contributed by atoms with Crippen LogP contribution in [0.2, 0.25) is 0 Å². The van der Waals surface area contributed by atoms with Crippen LogP contribution in [0.4, 0.5) is 0 Å². The molecule has 0 unspecified atom stereocenters. The molecule has 0 spiro atoms. The molecule has 0 aliphatic rings. The lowest BCUT2D eigenvalue weighted by Gasteiger charge is -2.14. The second-order valence-corrected chi connectivity index (χ2v) is 2.34. The molecule has 0 bridgehead atoms. The molecule has 0 saturated carbocycles. The van der Waals surface area contributed by atoms with E-state index in [9.17, 15) is 0 Å². The van der Waals surface area contributed by atoms with Crippen LogP contribution in [-0.2, 0) is 0 Å². The average molecular weight is 357 g/mol. The molecular weight excluding hydrogens is 344 g/mol. The molecule has 0 aromatic heterocycles. The second kappa shape index (κ2) is 7.49. The molecule has 0 amide bonds. The smallest absolute Gasteiger partial charge is 0.0715 e. The first-order chi connectivity index (χ1) is 4.06. The molecule has 2 N–H and O–H groups in total. The van der Waals surface area contributed by atoms with Crippen molar-refractivity contribution in [3.8, 4) is 0 Å². The van der Waals surface area contributed by atoms with Crippen molar-refractivity contribution in [3.63, 3.8) is 0 Å². The van der Waals surface area contributed by atoms with E-state index in [1.807, 2.05) is 7.05 Å². The van der Waals surface area contributed by atoms with E-state index < -0.39 is 5.60 Å². The summed E-state index contributed by atoms with van der Waals surface area (Å²) in [7, 11) is 1.82. The first-order valence-electron chi connectivity index (χ1n) is 2.57. The largest absolute Gasteiger partial charge is 0.389 e. The maximum absolute atomic E-state index is 8.96. The van der Waals surface area contributed by atoms with Gasteiger partial charge in [-0.1, -0.05) is 0 Å². The summed E-state index contributed by atoms with van der Waals surface area (Å²) in [6.07, 6.45) is 0. The highest BCUT2D eigenvalue weighted by atomic mass is 128. The van der Waals surface area contributed by atoms with E-state index in [0.29, 0.717) is 6.54 Å². The van der Waals surface area contributed by atoms with Crippen molar-refractivity contribution in [3.05, 3.63) is 0 Å². The lowest BCUT2D eigenvalue weighted by atomic mass is 10.1. The van der Waals surface area contributed by atoms with Gasteiger partial charge in [-0.05, 0) is 20.9 Å². The Labute approximate surface area is 80.1 Å². The van der Waals surface area contributed by atoms with E-state index in [4.69, 9.17) is 5.11 Å². The highest BCUT2D eigenvalue weighted by Crippen LogP contribution is 1.95. The average Bonchev–Trinajstić information content (AvgIpc) is 1.69. The van der Waals surface area contributed by atoms with Gasteiger partial charge >= 0.3 is 0 Å². The quantitative estimate of drug-likeness (QED) is 0.739. The molecule has 0 radical (unpaired) electrons. The van der Waals surface area contributed by atoms with Crippen LogP contribution in [0.15, 0.2) is 0 Å². The zero-order valence-electron chi connectivity index (χ0n) is 5.91. The van der Waals surface area contributed by atoms with Crippen LogP contribution in [0.5, 0.6) is 0 Å². The lowest BCUT2D eigenvalue weighted by molar-refractivity contribution is 0.0821. The van der Waals surface area contributed by atoms with Crippen molar-refractivity contribution in [1.29, 1.82) is 0 Å². The van der Waals surface area contributed by atoms with E-state index in [-0.39, 0.29) is 0 Å². The van der Waals surface area contributed by atoms with E-state index in [1.165, 1.54) is 0 Å². The molecule has 0 aromatic rings. The Balaban J connectivity index is 0. The Hall–Kier alpha value is 1.38. The SMILES string of the molecule is CNCC(C)(C)O.II. The summed E-state index contributed by atoms with van der Waals surface area (Å²) >= 11 is 4.24. The van der Waals surface area contributed by atoms with Gasteiger partial charge in [0.2, 0.25) is 0 Å². The minimum atomic E-state index is -0.561. The Bertz CT molecular complexity index is 53.4. The fraction of sp³-hybridized carbons (Fsp3) is 1.00. The molecule has 0 aliphatic heterocycles. The van der Waals surface area contributed by atoms with Crippen LogP contribution >= 0.6 is 37.2 Å². The fourth-order valence-corrected chi connectivity index (χ4v) is 0.433. The number of halogens is 2. The summed E-state index contributed by atoms with van der Waals surface area (Å²) in [6, 6.07) is 0. The minimum Gasteiger partial charge on any atom is -0.389 e. The Morgan fingerprint density at radius 2 is 1.78 bits per heavy atom. The number of likely N-dealkylation sites (N-methyl/N-ethyl adjacent to an activating group) is 1. The van der Waals surface area contributed by atoms with Gasteiger partial charge in [0.15, 0.2) is 0 Å². The van der Waals surface area contributed by atoms with Gasteiger partial charge in [-0.2, -0.15) is 0 Å². The summed E-state index contributed by atoms with van der Waals surface area (Å²) in [6.45, 7) is 4.18. The Kier molecular flexibility index (Phi) is 10.8. The van der Waals surface area contributed by atoms with E-state index >= 15 is 0 Å². The number of nitrogens with one attached hydrogen (secondary N) is 1. The lowest BCUT2D eigenvalue weighted by Crippen LogP contribution is -2.32. The van der Waals surface area contributed by atoms with Gasteiger partial charge in [0, 0.05) is 43.8 Å². The second-order valence-electron chi connectivity index (χ2n) is 2.34. The summed E-state index contributed by atoms with van der Waals surface area (Å²) in [5.41, 5.74) is -0.561. The molecular formula is C5H13I2NO. The number of rotatable bonds is 2. The summed E-state index contributed by atoms with van der Waals surface area (Å²) in [4.78, 5) is 0. The zero-order valence-corrected chi connectivity index (χ0v) is 10.2. The van der Waals surface area contributed by atoms with Crippen molar-refractivity contribution in [2.75, 3.05) is 13.6 Å². The highest BCUT2D eigenvalue weighted by molar-refractivity contribution is 15.0. The van der Waals surface area contributed by atoms with E-state index in [1.54, 1.807) is 13.8 Å².